The van der Waals surface area contributed by atoms with Crippen molar-refractivity contribution in [1.82, 2.24) is 15.0 Å². The first-order chi connectivity index (χ1) is 11.4. The number of fused-ring (bicyclic) bond motifs is 3. The van der Waals surface area contributed by atoms with E-state index in [0.29, 0.717) is 33.2 Å². The molecular formula is C16H13N4NaO3S. The summed E-state index contributed by atoms with van der Waals surface area (Å²) in [7, 11) is -4.38. The number of aromatic nitrogens is 3. The molecule has 0 aliphatic rings. The summed E-state index contributed by atoms with van der Waals surface area (Å²) in [6.45, 7) is 0. The van der Waals surface area contributed by atoms with E-state index in [4.69, 9.17) is 5.73 Å². The molecule has 1 aromatic heterocycles. The van der Waals surface area contributed by atoms with Gasteiger partial charge in [-0.1, -0.05) is 24.3 Å². The fraction of sp³-hybridized carbons (Fsp3) is 0. The van der Waals surface area contributed by atoms with Crippen LogP contribution in [-0.4, -0.2) is 57.5 Å². The van der Waals surface area contributed by atoms with E-state index in [2.05, 4.69) is 10.2 Å². The Hall–Kier alpha value is -1.97. The van der Waals surface area contributed by atoms with Gasteiger partial charge in [0, 0.05) is 16.5 Å². The number of nitrogens with two attached hydrogens (primary N) is 1. The molecule has 0 saturated carbocycles. The first kappa shape index (κ1) is 17.8. The van der Waals surface area contributed by atoms with Crippen LogP contribution in [0.2, 0.25) is 0 Å². The summed E-state index contributed by atoms with van der Waals surface area (Å²) < 4.78 is 32.9. The summed E-state index contributed by atoms with van der Waals surface area (Å²) in [6, 6.07) is 15.2. The Bertz CT molecular complexity index is 1190. The molecule has 0 atom stereocenters. The zero-order chi connectivity index (χ0) is 16.9. The molecule has 9 heteroatoms. The molecule has 0 fully saturated rings. The monoisotopic (exact) mass is 364 g/mol. The summed E-state index contributed by atoms with van der Waals surface area (Å²) >= 11 is 0. The molecule has 4 aromatic rings. The van der Waals surface area contributed by atoms with E-state index in [0.717, 1.165) is 0 Å². The molecule has 0 amide bonds. The maximum absolute atomic E-state index is 11.7. The minimum atomic E-state index is -4.38. The Morgan fingerprint density at radius 2 is 1.60 bits per heavy atom. The van der Waals surface area contributed by atoms with Crippen molar-refractivity contribution >= 4 is 67.2 Å². The van der Waals surface area contributed by atoms with Gasteiger partial charge in [0.1, 0.15) is 15.9 Å². The quantitative estimate of drug-likeness (QED) is 0.318. The molecule has 0 aliphatic carbocycles. The van der Waals surface area contributed by atoms with Crippen LogP contribution in [0.25, 0.3) is 27.5 Å². The van der Waals surface area contributed by atoms with Gasteiger partial charge in [0.2, 0.25) is 0 Å². The average Bonchev–Trinajstić information content (AvgIpc) is 2.98. The Kier molecular flexibility index (Phi) is 4.56. The van der Waals surface area contributed by atoms with E-state index in [-0.39, 0.29) is 34.5 Å². The molecule has 0 saturated heterocycles. The van der Waals surface area contributed by atoms with Crippen LogP contribution in [0.1, 0.15) is 0 Å². The van der Waals surface area contributed by atoms with E-state index < -0.39 is 10.1 Å². The number of nitrogens with zero attached hydrogens (tertiary/aromatic N) is 3. The van der Waals surface area contributed by atoms with Crippen molar-refractivity contribution in [2.75, 3.05) is 5.73 Å². The zero-order valence-corrected chi connectivity index (χ0v) is 13.1. The molecule has 3 N–H and O–H groups in total. The van der Waals surface area contributed by atoms with Crippen LogP contribution in [0.15, 0.2) is 59.5 Å². The van der Waals surface area contributed by atoms with Crippen molar-refractivity contribution in [3.63, 3.8) is 0 Å². The minimum absolute atomic E-state index is 0. The van der Waals surface area contributed by atoms with E-state index in [1.807, 2.05) is 0 Å². The fourth-order valence-corrected chi connectivity index (χ4v) is 3.37. The fourth-order valence-electron chi connectivity index (χ4n) is 2.65. The van der Waals surface area contributed by atoms with Gasteiger partial charge in [-0.3, -0.25) is 4.55 Å². The van der Waals surface area contributed by atoms with E-state index in [1.54, 1.807) is 48.5 Å². The van der Waals surface area contributed by atoms with Gasteiger partial charge < -0.3 is 5.73 Å². The first-order valence-electron chi connectivity index (χ1n) is 7.06. The Labute approximate surface area is 165 Å². The van der Waals surface area contributed by atoms with Crippen LogP contribution in [0.5, 0.6) is 0 Å². The predicted octanol–water partition coefficient (Wildman–Crippen LogP) is 1.75. The topological polar surface area (TPSA) is 111 Å². The number of nitrogen functional groups attached to an aromatic ring is 1. The number of hydrogen-bond acceptors (Lipinski definition) is 5. The standard InChI is InChI=1S/C16H12N4O3S.Na.H/c17-10-5-7-11(8-6-10)20-18-14-9-15(24(21,22)23)12-3-1-2-4-13(12)16(14)19-20;;/h1-9H,17H2,(H,21,22,23);;. The maximum atomic E-state index is 11.7. The Balaban J connectivity index is 0.00000182. The third kappa shape index (κ3) is 3.14. The van der Waals surface area contributed by atoms with Gasteiger partial charge in [0.25, 0.3) is 10.1 Å². The van der Waals surface area contributed by atoms with E-state index in [1.165, 1.54) is 10.9 Å². The van der Waals surface area contributed by atoms with Crippen molar-refractivity contribution in [3.05, 3.63) is 54.6 Å². The summed E-state index contributed by atoms with van der Waals surface area (Å²) in [4.78, 5) is 1.22. The van der Waals surface area contributed by atoms with Gasteiger partial charge in [0.05, 0.1) is 5.69 Å². The normalized spacial score (nSPS) is 11.6. The van der Waals surface area contributed by atoms with Crippen LogP contribution in [0, 0.1) is 0 Å². The first-order valence-corrected chi connectivity index (χ1v) is 8.50. The van der Waals surface area contributed by atoms with Crippen molar-refractivity contribution < 1.29 is 13.0 Å². The molecule has 4 rings (SSSR count). The molecule has 122 valence electrons. The second-order valence-corrected chi connectivity index (χ2v) is 6.73. The molecule has 1 heterocycles. The zero-order valence-electron chi connectivity index (χ0n) is 12.3. The van der Waals surface area contributed by atoms with Crippen molar-refractivity contribution in [2.24, 2.45) is 0 Å². The van der Waals surface area contributed by atoms with Gasteiger partial charge in [-0.25, -0.2) is 0 Å². The summed E-state index contributed by atoms with van der Waals surface area (Å²) in [5.74, 6) is 0. The third-order valence-electron chi connectivity index (χ3n) is 3.76. The van der Waals surface area contributed by atoms with Gasteiger partial charge in [0.15, 0.2) is 0 Å². The van der Waals surface area contributed by atoms with Crippen LogP contribution in [0.4, 0.5) is 5.69 Å². The number of anilines is 1. The molecular weight excluding hydrogens is 351 g/mol. The molecule has 0 spiro atoms. The van der Waals surface area contributed by atoms with Crippen LogP contribution >= 0.6 is 0 Å². The van der Waals surface area contributed by atoms with Crippen LogP contribution < -0.4 is 5.73 Å². The van der Waals surface area contributed by atoms with E-state index in [9.17, 15) is 13.0 Å². The second-order valence-electron chi connectivity index (χ2n) is 5.34. The van der Waals surface area contributed by atoms with Gasteiger partial charge in [-0.2, -0.15) is 13.2 Å². The van der Waals surface area contributed by atoms with Crippen LogP contribution in [-0.2, 0) is 10.1 Å². The Morgan fingerprint density at radius 1 is 0.960 bits per heavy atom. The Morgan fingerprint density at radius 3 is 2.24 bits per heavy atom. The molecule has 25 heavy (non-hydrogen) atoms. The summed E-state index contributed by atoms with van der Waals surface area (Å²) in [6.07, 6.45) is 0. The van der Waals surface area contributed by atoms with Gasteiger partial charge >= 0.3 is 29.6 Å². The summed E-state index contributed by atoms with van der Waals surface area (Å²) in [5.41, 5.74) is 7.91. The number of benzene rings is 3. The second kappa shape index (κ2) is 6.40. The van der Waals surface area contributed by atoms with Crippen molar-refractivity contribution in [1.29, 1.82) is 0 Å². The average molecular weight is 364 g/mol. The molecule has 0 aliphatic heterocycles. The molecule has 0 unspecified atom stereocenters. The van der Waals surface area contributed by atoms with Crippen molar-refractivity contribution in [2.45, 2.75) is 4.90 Å². The number of hydrogen-bond donors (Lipinski definition) is 2. The van der Waals surface area contributed by atoms with Crippen molar-refractivity contribution in [3.8, 4) is 5.69 Å². The third-order valence-corrected chi connectivity index (χ3v) is 4.65. The summed E-state index contributed by atoms with van der Waals surface area (Å²) in [5, 5.41) is 9.78. The van der Waals surface area contributed by atoms with Gasteiger partial charge in [-0.15, -0.1) is 10.2 Å². The SMILES string of the molecule is Nc1ccc(-n2nc3cc(S(=O)(=O)O)c4ccccc4c3n2)cc1.[NaH]. The van der Waals surface area contributed by atoms with E-state index >= 15 is 0 Å². The predicted molar refractivity (Wildman–Crippen MR) is 97.7 cm³/mol. The molecule has 7 nitrogen and oxygen atoms in total. The number of rotatable bonds is 2. The van der Waals surface area contributed by atoms with Crippen LogP contribution in [0.3, 0.4) is 0 Å². The van der Waals surface area contributed by atoms with Gasteiger partial charge in [-0.05, 0) is 30.3 Å². The molecule has 0 bridgehead atoms. The molecule has 0 radical (unpaired) electrons. The molecule has 3 aromatic carbocycles.